The summed E-state index contributed by atoms with van der Waals surface area (Å²) in [6.45, 7) is 11.7. The van der Waals surface area contributed by atoms with Crippen LogP contribution < -0.4 is 0 Å². The number of carbonyl (C=O) groups excluding carboxylic acids is 1. The summed E-state index contributed by atoms with van der Waals surface area (Å²) in [4.78, 5) is 12.0. The second-order valence-corrected chi connectivity index (χ2v) is 5.67. The molecule has 0 saturated heterocycles. The molecule has 26 heavy (non-hydrogen) atoms. The van der Waals surface area contributed by atoms with Crippen molar-refractivity contribution in [2.24, 2.45) is 0 Å². The molecule has 2 heteroatoms. The van der Waals surface area contributed by atoms with E-state index in [-0.39, 0.29) is 5.97 Å². The highest BCUT2D eigenvalue weighted by Gasteiger charge is 2.06. The van der Waals surface area contributed by atoms with Gasteiger partial charge in [0.05, 0.1) is 11.8 Å². The van der Waals surface area contributed by atoms with E-state index in [4.69, 9.17) is 4.74 Å². The van der Waals surface area contributed by atoms with Gasteiger partial charge < -0.3 is 4.74 Å². The fraction of sp³-hybridized carbons (Fsp3) is 0.208. The Morgan fingerprint density at radius 3 is 2.50 bits per heavy atom. The van der Waals surface area contributed by atoms with Crippen molar-refractivity contribution in [3.63, 3.8) is 0 Å². The van der Waals surface area contributed by atoms with Gasteiger partial charge in [-0.25, -0.2) is 4.79 Å². The van der Waals surface area contributed by atoms with Crippen molar-refractivity contribution in [1.29, 1.82) is 0 Å². The molecule has 136 valence electrons. The molecule has 0 amide bonds. The Bertz CT molecular complexity index is 754. The third-order valence-corrected chi connectivity index (χ3v) is 3.67. The van der Waals surface area contributed by atoms with Crippen molar-refractivity contribution >= 4 is 11.5 Å². The average Bonchev–Trinajstić information content (AvgIpc) is 2.91. The Balaban J connectivity index is 0.00000163. The maximum Gasteiger partial charge on any atom is 0.342 e. The minimum atomic E-state index is -0.372. The Hall–Kier alpha value is -2.87. The molecule has 0 unspecified atom stereocenters. The van der Waals surface area contributed by atoms with Gasteiger partial charge in [-0.15, -0.1) is 0 Å². The first kappa shape index (κ1) is 21.2. The summed E-state index contributed by atoms with van der Waals surface area (Å²) >= 11 is 0. The predicted molar refractivity (Wildman–Crippen MR) is 112 cm³/mol. The molecule has 2 rings (SSSR count). The van der Waals surface area contributed by atoms with Gasteiger partial charge in [0.25, 0.3) is 0 Å². The number of benzene rings is 1. The van der Waals surface area contributed by atoms with Gasteiger partial charge in [-0.05, 0) is 49.6 Å². The summed E-state index contributed by atoms with van der Waals surface area (Å²) in [5.41, 5.74) is 5.07. The minimum Gasteiger partial charge on any atom is -0.431 e. The zero-order valence-electron chi connectivity index (χ0n) is 16.2. The maximum absolute atomic E-state index is 12.0. The van der Waals surface area contributed by atoms with Crippen LogP contribution in [0.2, 0.25) is 0 Å². The fourth-order valence-electron chi connectivity index (χ4n) is 2.15. The molecule has 0 aromatic heterocycles. The highest BCUT2D eigenvalue weighted by molar-refractivity contribution is 5.90. The van der Waals surface area contributed by atoms with Crippen LogP contribution in [0.15, 0.2) is 90.8 Å². The van der Waals surface area contributed by atoms with Gasteiger partial charge >= 0.3 is 5.97 Å². The lowest BCUT2D eigenvalue weighted by Crippen LogP contribution is -2.00. The van der Waals surface area contributed by atoms with Gasteiger partial charge in [-0.2, -0.15) is 0 Å². The van der Waals surface area contributed by atoms with Gasteiger partial charge in [0.15, 0.2) is 0 Å². The Morgan fingerprint density at radius 2 is 1.85 bits per heavy atom. The molecular formula is C24H28O2. The van der Waals surface area contributed by atoms with Gasteiger partial charge in [-0.3, -0.25) is 0 Å². The number of esters is 1. The molecule has 0 spiro atoms. The molecule has 0 atom stereocenters. The number of rotatable bonds is 5. The first-order valence-corrected chi connectivity index (χ1v) is 8.91. The van der Waals surface area contributed by atoms with Crippen LogP contribution in [-0.4, -0.2) is 5.97 Å². The quantitative estimate of drug-likeness (QED) is 0.332. The normalized spacial score (nSPS) is 13.9. The smallest absolute Gasteiger partial charge is 0.342 e. The van der Waals surface area contributed by atoms with Gasteiger partial charge in [-0.1, -0.05) is 80.2 Å². The van der Waals surface area contributed by atoms with E-state index in [9.17, 15) is 4.79 Å². The lowest BCUT2D eigenvalue weighted by molar-refractivity contribution is 0.0663. The van der Waals surface area contributed by atoms with E-state index in [1.54, 1.807) is 24.3 Å². The lowest BCUT2D eigenvalue weighted by atomic mass is 10.0. The number of allylic oxidation sites excluding steroid dienone is 10. The molecule has 1 aliphatic carbocycles. The number of ether oxygens (including phenoxy) is 1. The van der Waals surface area contributed by atoms with E-state index in [1.165, 1.54) is 11.8 Å². The molecule has 1 aromatic rings. The standard InChI is InChI=1S/C22H22O2.C2H6/c1-4-17(2)8-6-16-24-22(23)21-14-12-20(13-15-21)19-9-5-7-18(3)10-11-19;1-2/h4-6,8-16H,1,7H2,2-3H3;1-2H3/b16-6+,17-8-;. The van der Waals surface area contributed by atoms with Crippen molar-refractivity contribution < 1.29 is 9.53 Å². The van der Waals surface area contributed by atoms with Crippen molar-refractivity contribution in [2.75, 3.05) is 0 Å². The Kier molecular flexibility index (Phi) is 9.48. The van der Waals surface area contributed by atoms with Crippen molar-refractivity contribution in [3.8, 4) is 0 Å². The highest BCUT2D eigenvalue weighted by Crippen LogP contribution is 2.21. The first-order valence-electron chi connectivity index (χ1n) is 8.91. The first-order chi connectivity index (χ1) is 12.6. The zero-order chi connectivity index (χ0) is 19.4. The van der Waals surface area contributed by atoms with Crippen LogP contribution in [-0.2, 0) is 4.74 Å². The third-order valence-electron chi connectivity index (χ3n) is 3.67. The van der Waals surface area contributed by atoms with Crippen molar-refractivity contribution in [1.82, 2.24) is 0 Å². The van der Waals surface area contributed by atoms with E-state index < -0.39 is 0 Å². The molecule has 0 bridgehead atoms. The van der Waals surface area contributed by atoms with E-state index >= 15 is 0 Å². The molecule has 0 N–H and O–H groups in total. The highest BCUT2D eigenvalue weighted by atomic mass is 16.5. The molecule has 0 fully saturated rings. The van der Waals surface area contributed by atoms with E-state index in [2.05, 4.69) is 37.8 Å². The van der Waals surface area contributed by atoms with E-state index in [0.29, 0.717) is 5.56 Å². The summed E-state index contributed by atoms with van der Waals surface area (Å²) in [7, 11) is 0. The summed E-state index contributed by atoms with van der Waals surface area (Å²) < 4.78 is 5.11. The summed E-state index contributed by atoms with van der Waals surface area (Å²) in [6, 6.07) is 7.44. The van der Waals surface area contributed by atoms with Crippen LogP contribution in [0.4, 0.5) is 0 Å². The monoisotopic (exact) mass is 348 g/mol. The van der Waals surface area contributed by atoms with Crippen molar-refractivity contribution in [2.45, 2.75) is 34.1 Å². The summed E-state index contributed by atoms with van der Waals surface area (Å²) in [6.07, 6.45) is 16.1. The molecular weight excluding hydrogens is 320 g/mol. The summed E-state index contributed by atoms with van der Waals surface area (Å²) in [5, 5.41) is 0. The second kappa shape index (κ2) is 11.6. The van der Waals surface area contributed by atoms with Gasteiger partial charge in [0.1, 0.15) is 0 Å². The zero-order valence-corrected chi connectivity index (χ0v) is 16.2. The molecule has 0 heterocycles. The number of carbonyl (C=O) groups is 1. The predicted octanol–water partition coefficient (Wildman–Crippen LogP) is 6.81. The third kappa shape index (κ3) is 6.94. The number of hydrogen-bond donors (Lipinski definition) is 0. The number of hydrogen-bond acceptors (Lipinski definition) is 2. The van der Waals surface area contributed by atoms with Crippen LogP contribution in [0.3, 0.4) is 0 Å². The van der Waals surface area contributed by atoms with Crippen molar-refractivity contribution in [3.05, 3.63) is 102 Å². The minimum absolute atomic E-state index is 0.372. The molecule has 1 aromatic carbocycles. The van der Waals surface area contributed by atoms with Crippen LogP contribution in [0.1, 0.15) is 50.0 Å². The molecule has 0 saturated carbocycles. The molecule has 2 nitrogen and oxygen atoms in total. The largest absolute Gasteiger partial charge is 0.431 e. The van der Waals surface area contributed by atoms with E-state index in [0.717, 1.165) is 23.1 Å². The average molecular weight is 348 g/mol. The van der Waals surface area contributed by atoms with Crippen LogP contribution in [0, 0.1) is 0 Å². The lowest BCUT2D eigenvalue weighted by Gasteiger charge is -2.04. The van der Waals surface area contributed by atoms with Gasteiger partial charge in [0.2, 0.25) is 0 Å². The topological polar surface area (TPSA) is 26.3 Å². The molecule has 1 aliphatic rings. The molecule has 0 aliphatic heterocycles. The Labute approximate surface area is 157 Å². The van der Waals surface area contributed by atoms with Crippen LogP contribution in [0.5, 0.6) is 0 Å². The Morgan fingerprint density at radius 1 is 1.15 bits per heavy atom. The SMILES string of the molecule is C=C/C(C)=C\C=C\OC(=O)c1ccc(C2=CC=C(C)CC=C2)cc1.CC. The van der Waals surface area contributed by atoms with Crippen LogP contribution >= 0.6 is 0 Å². The fourth-order valence-corrected chi connectivity index (χ4v) is 2.15. The van der Waals surface area contributed by atoms with E-state index in [1.807, 2.05) is 39.0 Å². The molecule has 0 radical (unpaired) electrons. The maximum atomic E-state index is 12.0. The summed E-state index contributed by atoms with van der Waals surface area (Å²) in [5.74, 6) is -0.372. The van der Waals surface area contributed by atoms with Crippen LogP contribution in [0.25, 0.3) is 5.57 Å². The van der Waals surface area contributed by atoms with Gasteiger partial charge in [0, 0.05) is 0 Å². The second-order valence-electron chi connectivity index (χ2n) is 5.67.